The molecule has 1 aliphatic carbocycles. The van der Waals surface area contributed by atoms with Gasteiger partial charge in [-0.3, -0.25) is 4.79 Å². The van der Waals surface area contributed by atoms with E-state index in [0.717, 1.165) is 5.56 Å². The maximum Gasteiger partial charge on any atom is 0.187 e. The van der Waals surface area contributed by atoms with Crippen molar-refractivity contribution in [3.63, 3.8) is 0 Å². The Morgan fingerprint density at radius 1 is 1.22 bits per heavy atom. The Morgan fingerprint density at radius 3 is 2.61 bits per heavy atom. The van der Waals surface area contributed by atoms with Crippen molar-refractivity contribution in [2.24, 2.45) is 0 Å². The smallest absolute Gasteiger partial charge is 0.187 e. The van der Waals surface area contributed by atoms with Crippen LogP contribution in [0.2, 0.25) is 0 Å². The molecule has 1 aliphatic rings. The number of benzene rings is 1. The van der Waals surface area contributed by atoms with E-state index >= 15 is 0 Å². The number of ether oxygens (including phenoxy) is 2. The second-order valence-corrected chi connectivity index (χ2v) is 4.63. The predicted octanol–water partition coefficient (Wildman–Crippen LogP) is 2.50. The van der Waals surface area contributed by atoms with Gasteiger partial charge in [-0.2, -0.15) is 0 Å². The van der Waals surface area contributed by atoms with Crippen molar-refractivity contribution in [2.75, 3.05) is 0 Å². The zero-order chi connectivity index (χ0) is 13.0. The molecule has 18 heavy (non-hydrogen) atoms. The summed E-state index contributed by atoms with van der Waals surface area (Å²) in [5.74, 6) is -0.0171. The fourth-order valence-corrected chi connectivity index (χ4v) is 1.92. The number of hydrogen-bond donors (Lipinski definition) is 0. The van der Waals surface area contributed by atoms with Gasteiger partial charge in [0.05, 0.1) is 12.7 Å². The average Bonchev–Trinajstić information content (AvgIpc) is 2.68. The predicted molar refractivity (Wildman–Crippen MR) is 69.2 cm³/mol. The lowest BCUT2D eigenvalue weighted by Gasteiger charge is -2.21. The van der Waals surface area contributed by atoms with Gasteiger partial charge in [-0.05, 0) is 31.6 Å². The highest BCUT2D eigenvalue weighted by molar-refractivity contribution is 5.97. The Bertz CT molecular complexity index is 423. The first-order valence-corrected chi connectivity index (χ1v) is 6.20. The summed E-state index contributed by atoms with van der Waals surface area (Å²) < 4.78 is 11.3. The molecule has 0 N–H and O–H groups in total. The first kappa shape index (κ1) is 13.0. The number of carbonyl (C=O) groups is 1. The lowest BCUT2D eigenvalue weighted by Crippen LogP contribution is -2.33. The van der Waals surface area contributed by atoms with Crippen molar-refractivity contribution in [2.45, 2.75) is 38.8 Å². The summed E-state index contributed by atoms with van der Waals surface area (Å²) in [6.45, 7) is 4.33. The van der Waals surface area contributed by atoms with Gasteiger partial charge in [-0.25, -0.2) is 0 Å². The molecule has 0 fully saturated rings. The van der Waals surface area contributed by atoms with E-state index in [-0.39, 0.29) is 18.0 Å². The summed E-state index contributed by atoms with van der Waals surface area (Å²) in [7, 11) is 0. The van der Waals surface area contributed by atoms with E-state index in [0.29, 0.717) is 6.61 Å². The quantitative estimate of drug-likeness (QED) is 0.800. The van der Waals surface area contributed by atoms with E-state index in [1.54, 1.807) is 12.2 Å². The zero-order valence-corrected chi connectivity index (χ0v) is 10.7. The van der Waals surface area contributed by atoms with E-state index in [4.69, 9.17) is 9.47 Å². The van der Waals surface area contributed by atoms with Gasteiger partial charge >= 0.3 is 0 Å². The first-order valence-electron chi connectivity index (χ1n) is 6.20. The molecular weight excluding hydrogens is 228 g/mol. The Labute approximate surface area is 107 Å². The van der Waals surface area contributed by atoms with Crippen LogP contribution in [0.25, 0.3) is 0 Å². The van der Waals surface area contributed by atoms with Crippen molar-refractivity contribution in [1.82, 2.24) is 0 Å². The molecule has 0 heterocycles. The minimum Gasteiger partial charge on any atom is -0.368 e. The first-order chi connectivity index (χ1) is 8.66. The Morgan fingerprint density at radius 2 is 1.94 bits per heavy atom. The number of ketones is 1. The van der Waals surface area contributed by atoms with Gasteiger partial charge in [0.15, 0.2) is 5.78 Å². The maximum atomic E-state index is 11.7. The van der Waals surface area contributed by atoms with E-state index in [2.05, 4.69) is 0 Å². The van der Waals surface area contributed by atoms with Crippen LogP contribution in [0.15, 0.2) is 42.5 Å². The summed E-state index contributed by atoms with van der Waals surface area (Å²) in [4.78, 5) is 11.7. The van der Waals surface area contributed by atoms with Crippen LogP contribution in [0.5, 0.6) is 0 Å². The molecule has 0 saturated carbocycles. The topological polar surface area (TPSA) is 35.5 Å². The van der Waals surface area contributed by atoms with Gasteiger partial charge in [-0.1, -0.05) is 30.3 Å². The fourth-order valence-electron chi connectivity index (χ4n) is 1.92. The van der Waals surface area contributed by atoms with Gasteiger partial charge in [0.1, 0.15) is 12.2 Å². The number of rotatable bonds is 5. The Kier molecular flexibility index (Phi) is 4.28. The van der Waals surface area contributed by atoms with Crippen molar-refractivity contribution in [3.05, 3.63) is 48.0 Å². The van der Waals surface area contributed by atoms with Gasteiger partial charge in [0.2, 0.25) is 0 Å². The molecule has 0 unspecified atom stereocenters. The van der Waals surface area contributed by atoms with Crippen LogP contribution in [0, 0.1) is 0 Å². The third-order valence-corrected chi connectivity index (χ3v) is 2.73. The molecule has 2 rings (SSSR count). The van der Waals surface area contributed by atoms with Crippen molar-refractivity contribution in [3.8, 4) is 0 Å². The lowest BCUT2D eigenvalue weighted by atomic mass is 10.2. The maximum absolute atomic E-state index is 11.7. The van der Waals surface area contributed by atoms with Crippen molar-refractivity contribution >= 4 is 5.78 Å². The van der Waals surface area contributed by atoms with Crippen LogP contribution < -0.4 is 0 Å². The highest BCUT2D eigenvalue weighted by Gasteiger charge is 2.32. The largest absolute Gasteiger partial charge is 0.368 e. The molecule has 1 aromatic rings. The van der Waals surface area contributed by atoms with Crippen LogP contribution in [-0.2, 0) is 20.9 Å². The van der Waals surface area contributed by atoms with Gasteiger partial charge < -0.3 is 9.47 Å². The second kappa shape index (κ2) is 5.94. The lowest BCUT2D eigenvalue weighted by molar-refractivity contribution is -0.135. The molecule has 1 aromatic carbocycles. The third-order valence-electron chi connectivity index (χ3n) is 2.73. The molecule has 0 radical (unpaired) electrons. The minimum atomic E-state index is -0.507. The molecule has 0 spiro atoms. The molecule has 0 amide bonds. The Hall–Kier alpha value is -1.45. The summed E-state index contributed by atoms with van der Waals surface area (Å²) >= 11 is 0. The summed E-state index contributed by atoms with van der Waals surface area (Å²) in [5, 5.41) is 0. The standard InChI is InChI=1S/C15H18O3/c1-11(2)18-14-9-8-13(16)15(14)17-10-12-6-4-3-5-7-12/h3-9,11,14-15H,10H2,1-2H3/t14-,15-/m0/s1. The summed E-state index contributed by atoms with van der Waals surface area (Å²) in [5.41, 5.74) is 1.06. The van der Waals surface area contributed by atoms with Gasteiger partial charge in [0.25, 0.3) is 0 Å². The average molecular weight is 246 g/mol. The monoisotopic (exact) mass is 246 g/mol. The van der Waals surface area contributed by atoms with Crippen LogP contribution >= 0.6 is 0 Å². The Balaban J connectivity index is 1.93. The summed E-state index contributed by atoms with van der Waals surface area (Å²) in [6.07, 6.45) is 2.63. The highest BCUT2D eigenvalue weighted by atomic mass is 16.5. The fraction of sp³-hybridized carbons (Fsp3) is 0.400. The molecule has 0 saturated heterocycles. The van der Waals surface area contributed by atoms with E-state index in [1.165, 1.54) is 0 Å². The minimum absolute atomic E-state index is 0.0171. The van der Waals surface area contributed by atoms with E-state index < -0.39 is 6.10 Å². The number of carbonyl (C=O) groups excluding carboxylic acids is 1. The molecule has 3 heteroatoms. The molecule has 0 aliphatic heterocycles. The molecule has 0 aromatic heterocycles. The second-order valence-electron chi connectivity index (χ2n) is 4.63. The van der Waals surface area contributed by atoms with Crippen LogP contribution in [0.1, 0.15) is 19.4 Å². The molecule has 3 nitrogen and oxygen atoms in total. The highest BCUT2D eigenvalue weighted by Crippen LogP contribution is 2.18. The van der Waals surface area contributed by atoms with E-state index in [1.807, 2.05) is 44.2 Å². The molecular formula is C15H18O3. The van der Waals surface area contributed by atoms with Crippen LogP contribution in [0.4, 0.5) is 0 Å². The third kappa shape index (κ3) is 3.28. The van der Waals surface area contributed by atoms with Crippen LogP contribution in [0.3, 0.4) is 0 Å². The normalized spacial score (nSPS) is 22.9. The molecule has 0 bridgehead atoms. The zero-order valence-electron chi connectivity index (χ0n) is 10.7. The number of hydrogen-bond acceptors (Lipinski definition) is 3. The van der Waals surface area contributed by atoms with Crippen molar-refractivity contribution < 1.29 is 14.3 Å². The van der Waals surface area contributed by atoms with E-state index in [9.17, 15) is 4.79 Å². The van der Waals surface area contributed by atoms with Gasteiger partial charge in [-0.15, -0.1) is 0 Å². The van der Waals surface area contributed by atoms with Gasteiger partial charge in [0, 0.05) is 0 Å². The van der Waals surface area contributed by atoms with Crippen molar-refractivity contribution in [1.29, 1.82) is 0 Å². The van der Waals surface area contributed by atoms with Crippen LogP contribution in [-0.4, -0.2) is 24.1 Å². The SMILES string of the molecule is CC(C)O[C@H]1C=CC(=O)[C@@H]1OCc1ccccc1. The summed E-state index contributed by atoms with van der Waals surface area (Å²) in [6, 6.07) is 9.82. The molecule has 96 valence electrons. The molecule has 2 atom stereocenters.